The molecule has 0 bridgehead atoms. The highest BCUT2D eigenvalue weighted by Crippen LogP contribution is 2.25. The maximum absolute atomic E-state index is 4.31. The lowest BCUT2D eigenvalue weighted by molar-refractivity contribution is 0.683. The van der Waals surface area contributed by atoms with Gasteiger partial charge in [-0.1, -0.05) is 29.5 Å². The van der Waals surface area contributed by atoms with Crippen molar-refractivity contribution in [2.24, 2.45) is 0 Å². The average Bonchev–Trinajstić information content (AvgIpc) is 3.22. The summed E-state index contributed by atoms with van der Waals surface area (Å²) in [5.41, 5.74) is 3.73. The molecule has 0 saturated heterocycles. The van der Waals surface area contributed by atoms with Crippen molar-refractivity contribution in [3.05, 3.63) is 42.7 Å². The molecule has 4 aromatic rings. The smallest absolute Gasteiger partial charge is 0.111 e. The highest BCUT2D eigenvalue weighted by atomic mass is 127. The van der Waals surface area contributed by atoms with Crippen LogP contribution in [0.2, 0.25) is 0 Å². The lowest BCUT2D eigenvalue weighted by atomic mass is 10.4. The van der Waals surface area contributed by atoms with Crippen molar-refractivity contribution in [2.75, 3.05) is 4.43 Å². The Morgan fingerprint density at radius 2 is 1.56 bits per heavy atom. The number of fused-ring (bicyclic) bond motifs is 2. The van der Waals surface area contributed by atoms with Crippen molar-refractivity contribution in [3.8, 4) is 0 Å². The van der Waals surface area contributed by atoms with Crippen LogP contribution in [0.4, 0.5) is 0 Å². The van der Waals surface area contributed by atoms with Crippen LogP contribution in [-0.4, -0.2) is 34.4 Å². The molecule has 4 aromatic heterocycles. The van der Waals surface area contributed by atoms with Gasteiger partial charge in [0.15, 0.2) is 0 Å². The van der Waals surface area contributed by atoms with Gasteiger partial charge in [0.05, 0.1) is 17.9 Å². The number of hydrogen-bond donors (Lipinski definition) is 1. The van der Waals surface area contributed by atoms with Crippen molar-refractivity contribution in [1.29, 1.82) is 0 Å². The summed E-state index contributed by atoms with van der Waals surface area (Å²) in [4.78, 5) is 8.50. The summed E-state index contributed by atoms with van der Waals surface area (Å²) in [6, 6.07) is 3.80. The minimum absolute atomic E-state index is 0.804. The van der Waals surface area contributed by atoms with Gasteiger partial charge in [0.1, 0.15) is 25.8 Å². The number of nitrogens with zero attached hydrogens (tertiary/aromatic N) is 5. The van der Waals surface area contributed by atoms with Crippen LogP contribution in [0.3, 0.4) is 0 Å². The van der Waals surface area contributed by atoms with Crippen LogP contribution in [0.25, 0.3) is 22.1 Å². The van der Waals surface area contributed by atoms with E-state index in [4.69, 9.17) is 0 Å². The van der Waals surface area contributed by atoms with E-state index in [2.05, 4.69) is 125 Å². The fourth-order valence-corrected chi connectivity index (χ4v) is 4.71. The molecule has 4 rings (SSSR count). The zero-order valence-corrected chi connectivity index (χ0v) is 22.9. The minimum Gasteiger partial charge on any atom is -0.275 e. The van der Waals surface area contributed by atoms with E-state index in [9.17, 15) is 0 Å². The number of hydrogen-bond acceptors (Lipinski definition) is 4. The third kappa shape index (κ3) is 6.18. The number of aromatic amines is 1. The number of pyridine rings is 2. The molecule has 0 saturated carbocycles. The lowest BCUT2D eigenvalue weighted by Gasteiger charge is -2.00. The van der Waals surface area contributed by atoms with E-state index in [1.54, 1.807) is 12.4 Å². The molecule has 0 aliphatic heterocycles. The van der Waals surface area contributed by atoms with E-state index in [1.165, 1.54) is 4.43 Å². The third-order valence-electron chi connectivity index (χ3n) is 3.15. The number of H-pyrrole nitrogens is 1. The van der Waals surface area contributed by atoms with E-state index in [1.807, 2.05) is 16.8 Å². The number of nitrogens with one attached hydrogen (secondary N) is 1. The van der Waals surface area contributed by atoms with Crippen LogP contribution in [0.5, 0.6) is 0 Å². The standard InChI is InChI=1S/C8H7Br2N3.C6H3Br2N3.C2H5I/c1-2-13-8-5(9)3-7(10)12-6(8)4-11-13;7-3-1-5(8)10-4-2-9-11-6(3)4;1-2-3/h3-4H,2H2,1H3;1-2H,(H,9,11);2H2,1H3. The van der Waals surface area contributed by atoms with Crippen LogP contribution in [0, 0.1) is 0 Å². The molecule has 0 aliphatic rings. The second kappa shape index (κ2) is 11.2. The van der Waals surface area contributed by atoms with Gasteiger partial charge in [-0.2, -0.15) is 10.2 Å². The number of alkyl halides is 1. The molecule has 0 spiro atoms. The Balaban J connectivity index is 0.000000171. The molecule has 1 N–H and O–H groups in total. The Labute approximate surface area is 203 Å². The summed E-state index contributed by atoms with van der Waals surface area (Å²) in [5.74, 6) is 0. The van der Waals surface area contributed by atoms with Crippen molar-refractivity contribution in [3.63, 3.8) is 0 Å². The Kier molecular flexibility index (Phi) is 9.59. The van der Waals surface area contributed by atoms with Crippen molar-refractivity contribution < 1.29 is 0 Å². The second-order valence-corrected chi connectivity index (χ2v) is 9.80. The highest BCUT2D eigenvalue weighted by molar-refractivity contribution is 14.1. The topological polar surface area (TPSA) is 72.3 Å². The molecule has 0 unspecified atom stereocenters. The SMILES string of the molecule is Brc1cc(Br)c2[nH]ncc2n1.CCI.CCn1ncc2nc(Br)cc(Br)c21. The van der Waals surface area contributed by atoms with E-state index >= 15 is 0 Å². The average molecular weight is 738 g/mol. The van der Waals surface area contributed by atoms with Crippen molar-refractivity contribution >= 4 is 108 Å². The number of aromatic nitrogens is 6. The summed E-state index contributed by atoms with van der Waals surface area (Å²) in [6.07, 6.45) is 3.46. The summed E-state index contributed by atoms with van der Waals surface area (Å²) in [6.45, 7) is 5.02. The number of aryl methyl sites for hydroxylation is 1. The van der Waals surface area contributed by atoms with Crippen LogP contribution in [0.15, 0.2) is 42.7 Å². The first-order chi connectivity index (χ1) is 12.9. The molecule has 0 aromatic carbocycles. The normalized spacial score (nSPS) is 10.3. The molecule has 27 heavy (non-hydrogen) atoms. The van der Waals surface area contributed by atoms with Crippen LogP contribution in [-0.2, 0) is 6.54 Å². The van der Waals surface area contributed by atoms with Gasteiger partial charge in [0.2, 0.25) is 0 Å². The van der Waals surface area contributed by atoms with Gasteiger partial charge in [-0.05, 0) is 87.2 Å². The first kappa shape index (κ1) is 23.2. The molecule has 144 valence electrons. The molecular formula is C16H15Br4IN6. The molecule has 4 heterocycles. The van der Waals surface area contributed by atoms with Gasteiger partial charge < -0.3 is 0 Å². The summed E-state index contributed by atoms with van der Waals surface area (Å²) >= 11 is 15.8. The van der Waals surface area contributed by atoms with Crippen LogP contribution < -0.4 is 0 Å². The molecule has 11 heteroatoms. The second-order valence-electron chi connectivity index (χ2n) is 4.95. The predicted molar refractivity (Wildman–Crippen MR) is 132 cm³/mol. The molecule has 0 amide bonds. The Morgan fingerprint density at radius 1 is 0.963 bits per heavy atom. The fraction of sp³-hybridized carbons (Fsp3) is 0.250. The largest absolute Gasteiger partial charge is 0.275 e. The number of rotatable bonds is 1. The zero-order valence-electron chi connectivity index (χ0n) is 14.3. The summed E-state index contributed by atoms with van der Waals surface area (Å²) in [5, 5.41) is 10.9. The van der Waals surface area contributed by atoms with Gasteiger partial charge in [-0.25, -0.2) is 9.97 Å². The summed E-state index contributed by atoms with van der Waals surface area (Å²) in [7, 11) is 0. The van der Waals surface area contributed by atoms with Gasteiger partial charge in [0.25, 0.3) is 0 Å². The number of halogens is 5. The zero-order chi connectivity index (χ0) is 20.0. The summed E-state index contributed by atoms with van der Waals surface area (Å²) < 4.78 is 6.74. The molecule has 0 atom stereocenters. The first-order valence-electron chi connectivity index (χ1n) is 7.79. The van der Waals surface area contributed by atoms with Gasteiger partial charge in [-0.15, -0.1) is 0 Å². The quantitative estimate of drug-likeness (QED) is 0.131. The molecule has 0 fully saturated rings. The Hall–Kier alpha value is -0.110. The maximum Gasteiger partial charge on any atom is 0.111 e. The van der Waals surface area contributed by atoms with Gasteiger partial charge >= 0.3 is 0 Å². The Bertz CT molecular complexity index is 1030. The van der Waals surface area contributed by atoms with Crippen molar-refractivity contribution in [1.82, 2.24) is 29.9 Å². The van der Waals surface area contributed by atoms with E-state index in [0.717, 1.165) is 46.8 Å². The first-order valence-corrected chi connectivity index (χ1v) is 12.5. The van der Waals surface area contributed by atoms with E-state index < -0.39 is 0 Å². The van der Waals surface area contributed by atoms with Gasteiger partial charge in [-0.3, -0.25) is 9.78 Å². The third-order valence-corrected chi connectivity index (χ3v) is 5.19. The van der Waals surface area contributed by atoms with E-state index in [-0.39, 0.29) is 0 Å². The van der Waals surface area contributed by atoms with Crippen LogP contribution >= 0.6 is 86.3 Å². The van der Waals surface area contributed by atoms with Gasteiger partial charge in [0, 0.05) is 15.5 Å². The van der Waals surface area contributed by atoms with Crippen LogP contribution in [0.1, 0.15) is 13.8 Å². The van der Waals surface area contributed by atoms with E-state index in [0.29, 0.717) is 0 Å². The monoisotopic (exact) mass is 734 g/mol. The van der Waals surface area contributed by atoms with Crippen molar-refractivity contribution in [2.45, 2.75) is 20.4 Å². The molecule has 6 nitrogen and oxygen atoms in total. The predicted octanol–water partition coefficient (Wildman–Crippen LogP) is 6.90. The molecule has 0 aliphatic carbocycles. The lowest BCUT2D eigenvalue weighted by Crippen LogP contribution is -1.96. The maximum atomic E-state index is 4.31. The Morgan fingerprint density at radius 3 is 2.19 bits per heavy atom. The molecule has 0 radical (unpaired) electrons. The molecular weight excluding hydrogens is 723 g/mol. The minimum atomic E-state index is 0.804. The fourth-order valence-electron chi connectivity index (χ4n) is 2.13. The highest BCUT2D eigenvalue weighted by Gasteiger charge is 2.07.